The number of amides is 2. The van der Waals surface area contributed by atoms with E-state index in [-0.39, 0.29) is 17.9 Å². The molecule has 7 nitrogen and oxygen atoms in total. The fourth-order valence-corrected chi connectivity index (χ4v) is 5.28. The smallest absolute Gasteiger partial charge is 0.339 e. The summed E-state index contributed by atoms with van der Waals surface area (Å²) in [5.74, 6) is 1.02. The monoisotopic (exact) mass is 531 g/mol. The number of aromatic nitrogens is 3. The summed E-state index contributed by atoms with van der Waals surface area (Å²) >= 11 is 1.35. The summed E-state index contributed by atoms with van der Waals surface area (Å²) in [5.41, 5.74) is 0.293. The van der Waals surface area contributed by atoms with Gasteiger partial charge in [-0.3, -0.25) is 14.2 Å². The molecule has 1 aliphatic rings. The molecule has 0 saturated carbocycles. The van der Waals surface area contributed by atoms with Crippen LogP contribution in [-0.4, -0.2) is 67.8 Å². The number of hydrogen-bond acceptors (Lipinski definition) is 5. The van der Waals surface area contributed by atoms with E-state index in [1.165, 1.54) is 24.8 Å². The predicted octanol–water partition coefficient (Wildman–Crippen LogP) is 4.90. The van der Waals surface area contributed by atoms with E-state index in [0.29, 0.717) is 54.9 Å². The van der Waals surface area contributed by atoms with Crippen molar-refractivity contribution < 1.29 is 22.8 Å². The summed E-state index contributed by atoms with van der Waals surface area (Å²) in [6.07, 6.45) is -3.57. The zero-order valence-corrected chi connectivity index (χ0v) is 21.4. The van der Waals surface area contributed by atoms with Gasteiger partial charge >= 0.3 is 6.18 Å². The minimum absolute atomic E-state index is 0.00996. The van der Waals surface area contributed by atoms with E-state index < -0.39 is 11.7 Å². The fourth-order valence-electron chi connectivity index (χ4n) is 4.39. The summed E-state index contributed by atoms with van der Waals surface area (Å²) in [7, 11) is 0. The SMILES string of the molecule is CC(=O)N1CCN(C(=O)CCCSc2nnc(-c3ccccc3)n2-c2cccc(C(F)(F)F)c2)CC1C. The van der Waals surface area contributed by atoms with Crippen LogP contribution in [0.5, 0.6) is 0 Å². The van der Waals surface area contributed by atoms with Gasteiger partial charge in [0.15, 0.2) is 11.0 Å². The van der Waals surface area contributed by atoms with Crippen LogP contribution in [0.2, 0.25) is 0 Å². The van der Waals surface area contributed by atoms with Gasteiger partial charge in [0.25, 0.3) is 0 Å². The first-order valence-electron chi connectivity index (χ1n) is 12.0. The zero-order chi connectivity index (χ0) is 26.6. The number of rotatable bonds is 7. The molecule has 1 atom stereocenters. The molecule has 0 bridgehead atoms. The average molecular weight is 532 g/mol. The highest BCUT2D eigenvalue weighted by Gasteiger charge is 2.31. The van der Waals surface area contributed by atoms with Gasteiger partial charge in [0, 0.05) is 50.3 Å². The number of carbonyl (C=O) groups is 2. The molecule has 11 heteroatoms. The largest absolute Gasteiger partial charge is 0.416 e. The highest BCUT2D eigenvalue weighted by molar-refractivity contribution is 7.99. The molecule has 0 radical (unpaired) electrons. The van der Waals surface area contributed by atoms with E-state index >= 15 is 0 Å². The van der Waals surface area contributed by atoms with E-state index in [2.05, 4.69) is 10.2 Å². The van der Waals surface area contributed by atoms with Crippen molar-refractivity contribution in [2.45, 2.75) is 44.1 Å². The van der Waals surface area contributed by atoms with Crippen LogP contribution in [0.15, 0.2) is 59.8 Å². The number of hydrogen-bond donors (Lipinski definition) is 0. The molecule has 3 aromatic rings. The molecule has 1 fully saturated rings. The third kappa shape index (κ3) is 6.33. The number of halogens is 3. The number of thioether (sulfide) groups is 1. The van der Waals surface area contributed by atoms with E-state index in [1.54, 1.807) is 20.4 Å². The molecule has 1 aromatic heterocycles. The Kier molecular flexibility index (Phi) is 8.21. The Morgan fingerprint density at radius 2 is 1.81 bits per heavy atom. The third-order valence-corrected chi connectivity index (χ3v) is 7.26. The second-order valence-electron chi connectivity index (χ2n) is 8.91. The van der Waals surface area contributed by atoms with Crippen molar-refractivity contribution in [3.05, 3.63) is 60.2 Å². The molecule has 2 aromatic carbocycles. The van der Waals surface area contributed by atoms with Gasteiger partial charge in [-0.05, 0) is 31.5 Å². The molecule has 1 saturated heterocycles. The quantitative estimate of drug-likeness (QED) is 0.320. The van der Waals surface area contributed by atoms with Crippen LogP contribution in [0.4, 0.5) is 13.2 Å². The first kappa shape index (κ1) is 26.7. The van der Waals surface area contributed by atoms with Crippen molar-refractivity contribution in [1.82, 2.24) is 24.6 Å². The summed E-state index contributed by atoms with van der Waals surface area (Å²) in [5, 5.41) is 8.99. The fraction of sp³-hybridized carbons (Fsp3) is 0.385. The molecule has 1 aliphatic heterocycles. The number of alkyl halides is 3. The third-order valence-electron chi connectivity index (χ3n) is 6.25. The summed E-state index contributed by atoms with van der Waals surface area (Å²) in [4.78, 5) is 27.9. The zero-order valence-electron chi connectivity index (χ0n) is 20.6. The van der Waals surface area contributed by atoms with Gasteiger partial charge in [-0.25, -0.2) is 0 Å². The topological polar surface area (TPSA) is 71.3 Å². The highest BCUT2D eigenvalue weighted by atomic mass is 32.2. The molecule has 37 heavy (non-hydrogen) atoms. The van der Waals surface area contributed by atoms with Crippen LogP contribution in [0, 0.1) is 0 Å². The molecule has 1 unspecified atom stereocenters. The number of nitrogens with zero attached hydrogens (tertiary/aromatic N) is 5. The number of piperazine rings is 1. The van der Waals surface area contributed by atoms with Crippen molar-refractivity contribution in [2.75, 3.05) is 25.4 Å². The predicted molar refractivity (Wildman–Crippen MR) is 135 cm³/mol. The molecule has 0 N–H and O–H groups in total. The minimum Gasteiger partial charge on any atom is -0.339 e. The van der Waals surface area contributed by atoms with Crippen LogP contribution in [-0.2, 0) is 15.8 Å². The van der Waals surface area contributed by atoms with Crippen molar-refractivity contribution in [2.24, 2.45) is 0 Å². The summed E-state index contributed by atoms with van der Waals surface area (Å²) in [6, 6.07) is 14.2. The van der Waals surface area contributed by atoms with Crippen LogP contribution < -0.4 is 0 Å². The van der Waals surface area contributed by atoms with Crippen molar-refractivity contribution >= 4 is 23.6 Å². The van der Waals surface area contributed by atoms with Gasteiger partial charge in [-0.15, -0.1) is 10.2 Å². The Hall–Kier alpha value is -3.34. The maximum absolute atomic E-state index is 13.4. The Bertz CT molecular complexity index is 1250. The number of carbonyl (C=O) groups excluding carboxylic acids is 2. The highest BCUT2D eigenvalue weighted by Crippen LogP contribution is 2.33. The van der Waals surface area contributed by atoms with Crippen LogP contribution in [0.25, 0.3) is 17.1 Å². The summed E-state index contributed by atoms with van der Waals surface area (Å²) in [6.45, 7) is 5.02. The standard InChI is InChI=1S/C26H28F3N5O2S/c1-18-17-32(13-14-33(18)19(2)35)23(36)12-7-15-37-25-31-30-24(20-8-4-3-5-9-20)34(25)22-11-6-10-21(16-22)26(27,28)29/h3-6,8-11,16,18H,7,12-15,17H2,1-2H3. The van der Waals surface area contributed by atoms with Crippen molar-refractivity contribution in [1.29, 1.82) is 0 Å². The van der Waals surface area contributed by atoms with Gasteiger partial charge in [0.05, 0.1) is 11.3 Å². The maximum atomic E-state index is 13.4. The first-order chi connectivity index (χ1) is 17.6. The molecular formula is C26H28F3N5O2S. The molecule has 0 aliphatic carbocycles. The lowest BCUT2D eigenvalue weighted by Crippen LogP contribution is -2.54. The average Bonchev–Trinajstić information content (AvgIpc) is 3.30. The van der Waals surface area contributed by atoms with Crippen LogP contribution in [0.1, 0.15) is 32.3 Å². The minimum atomic E-state index is -4.47. The molecule has 2 amide bonds. The number of benzene rings is 2. The Labute approximate surface area is 217 Å². The molecule has 0 spiro atoms. The van der Waals surface area contributed by atoms with Crippen LogP contribution >= 0.6 is 11.8 Å². The van der Waals surface area contributed by atoms with Gasteiger partial charge in [-0.2, -0.15) is 13.2 Å². The lowest BCUT2D eigenvalue weighted by atomic mass is 10.1. The van der Waals surface area contributed by atoms with Gasteiger partial charge < -0.3 is 9.80 Å². The molecule has 196 valence electrons. The Morgan fingerprint density at radius 3 is 2.49 bits per heavy atom. The van der Waals surface area contributed by atoms with E-state index in [4.69, 9.17) is 0 Å². The van der Waals surface area contributed by atoms with E-state index in [0.717, 1.165) is 17.7 Å². The molecule has 2 heterocycles. The maximum Gasteiger partial charge on any atom is 0.416 e. The van der Waals surface area contributed by atoms with Crippen LogP contribution in [0.3, 0.4) is 0 Å². The Balaban J connectivity index is 1.46. The summed E-state index contributed by atoms with van der Waals surface area (Å²) < 4.78 is 41.8. The van der Waals surface area contributed by atoms with Gasteiger partial charge in [0.1, 0.15) is 0 Å². The van der Waals surface area contributed by atoms with Gasteiger partial charge in [0.2, 0.25) is 11.8 Å². The van der Waals surface area contributed by atoms with Crippen molar-refractivity contribution in [3.8, 4) is 17.1 Å². The van der Waals surface area contributed by atoms with Gasteiger partial charge in [-0.1, -0.05) is 48.2 Å². The lowest BCUT2D eigenvalue weighted by molar-refractivity contribution is -0.141. The first-order valence-corrected chi connectivity index (χ1v) is 13.0. The Morgan fingerprint density at radius 1 is 1.05 bits per heavy atom. The molecular weight excluding hydrogens is 503 g/mol. The second kappa shape index (κ2) is 11.4. The molecule has 4 rings (SSSR count). The normalized spacial score (nSPS) is 16.2. The van der Waals surface area contributed by atoms with Crippen molar-refractivity contribution in [3.63, 3.8) is 0 Å². The second-order valence-corrected chi connectivity index (χ2v) is 9.97. The van der Waals surface area contributed by atoms with E-state index in [1.807, 2.05) is 37.3 Å². The van der Waals surface area contributed by atoms with E-state index in [9.17, 15) is 22.8 Å². The lowest BCUT2D eigenvalue weighted by Gasteiger charge is -2.39.